The number of ether oxygens (including phenoxy) is 1. The van der Waals surface area contributed by atoms with Crippen molar-refractivity contribution < 1.29 is 4.74 Å². The van der Waals surface area contributed by atoms with Crippen molar-refractivity contribution in [2.24, 2.45) is 5.92 Å². The average Bonchev–Trinajstić information content (AvgIpc) is 3.38. The van der Waals surface area contributed by atoms with E-state index in [1.807, 2.05) is 48.5 Å². The Morgan fingerprint density at radius 3 is 2.79 bits per heavy atom. The van der Waals surface area contributed by atoms with E-state index in [1.165, 1.54) is 25.7 Å². The average molecular weight is 412 g/mol. The predicted molar refractivity (Wildman–Crippen MR) is 118 cm³/mol. The zero-order valence-corrected chi connectivity index (χ0v) is 17.7. The minimum atomic E-state index is 0.519. The second-order valence-corrected chi connectivity index (χ2v) is 9.12. The van der Waals surface area contributed by atoms with E-state index in [0.29, 0.717) is 6.61 Å². The van der Waals surface area contributed by atoms with Gasteiger partial charge in [-0.1, -0.05) is 43.2 Å². The molecule has 0 aliphatic heterocycles. The van der Waals surface area contributed by atoms with E-state index in [-0.39, 0.29) is 0 Å². The van der Waals surface area contributed by atoms with Gasteiger partial charge in [-0.25, -0.2) is 9.97 Å². The molecular weight excluding hydrogens is 386 g/mol. The Morgan fingerprint density at radius 2 is 2.04 bits per heavy atom. The van der Waals surface area contributed by atoms with Gasteiger partial charge in [-0.2, -0.15) is 0 Å². The monoisotopic (exact) mass is 411 g/mol. The molecule has 4 rings (SSSR count). The molecule has 4 nitrogen and oxygen atoms in total. The number of benzene rings is 1. The van der Waals surface area contributed by atoms with Gasteiger partial charge < -0.3 is 10.1 Å². The topological polar surface area (TPSA) is 47.0 Å². The number of aromatic nitrogens is 2. The molecule has 6 heteroatoms. The molecule has 2 heterocycles. The number of aryl methyl sites for hydroxylation is 1. The zero-order valence-electron chi connectivity index (χ0n) is 16.1. The SMILES string of the molecule is Cc1csc(Nc2ncc(SCC3CCCC3)cc2OCc2ccccc2)n1. The van der Waals surface area contributed by atoms with Gasteiger partial charge in [0.2, 0.25) is 0 Å². The third-order valence-corrected chi connectivity index (χ3v) is 6.94. The number of rotatable bonds is 8. The van der Waals surface area contributed by atoms with E-state index < -0.39 is 0 Å². The standard InChI is InChI=1S/C22H25N3OS2/c1-16-14-28-22(24-16)25-21-20(26-13-17-7-3-2-4-8-17)11-19(12-23-21)27-15-18-9-5-6-10-18/h2-4,7-8,11-12,14,18H,5-6,9-10,13,15H2,1H3,(H,23,24,25). The first-order chi connectivity index (χ1) is 13.8. The van der Waals surface area contributed by atoms with Crippen molar-refractivity contribution in [2.45, 2.75) is 44.1 Å². The van der Waals surface area contributed by atoms with Crippen LogP contribution in [0.3, 0.4) is 0 Å². The van der Waals surface area contributed by atoms with Gasteiger partial charge in [0.15, 0.2) is 16.7 Å². The Bertz CT molecular complexity index is 892. The van der Waals surface area contributed by atoms with Crippen LogP contribution in [-0.2, 0) is 6.61 Å². The van der Waals surface area contributed by atoms with Crippen molar-refractivity contribution in [3.05, 3.63) is 59.2 Å². The summed E-state index contributed by atoms with van der Waals surface area (Å²) in [7, 11) is 0. The Hall–Kier alpha value is -2.05. The van der Waals surface area contributed by atoms with E-state index in [1.54, 1.807) is 11.3 Å². The summed E-state index contributed by atoms with van der Waals surface area (Å²) in [6.07, 6.45) is 7.43. The highest BCUT2D eigenvalue weighted by molar-refractivity contribution is 7.99. The molecule has 1 saturated carbocycles. The van der Waals surface area contributed by atoms with Gasteiger partial charge in [-0.05, 0) is 37.3 Å². The van der Waals surface area contributed by atoms with Gasteiger partial charge in [-0.15, -0.1) is 23.1 Å². The van der Waals surface area contributed by atoms with Crippen LogP contribution in [0.5, 0.6) is 5.75 Å². The molecule has 1 aliphatic rings. The summed E-state index contributed by atoms with van der Waals surface area (Å²) in [6.45, 7) is 2.51. The molecule has 146 valence electrons. The number of nitrogens with zero attached hydrogens (tertiary/aromatic N) is 2. The largest absolute Gasteiger partial charge is 0.485 e. The van der Waals surface area contributed by atoms with Crippen LogP contribution in [0.4, 0.5) is 10.9 Å². The van der Waals surface area contributed by atoms with Crippen molar-refractivity contribution in [1.82, 2.24) is 9.97 Å². The number of thioether (sulfide) groups is 1. The minimum Gasteiger partial charge on any atom is -0.485 e. The van der Waals surface area contributed by atoms with Crippen LogP contribution in [-0.4, -0.2) is 15.7 Å². The van der Waals surface area contributed by atoms with Crippen molar-refractivity contribution in [3.8, 4) is 5.75 Å². The maximum atomic E-state index is 6.15. The second-order valence-electron chi connectivity index (χ2n) is 7.17. The van der Waals surface area contributed by atoms with Crippen molar-refractivity contribution in [1.29, 1.82) is 0 Å². The molecule has 0 atom stereocenters. The quantitative estimate of drug-likeness (QED) is 0.432. The lowest BCUT2D eigenvalue weighted by molar-refractivity contribution is 0.306. The van der Waals surface area contributed by atoms with Gasteiger partial charge in [0.05, 0.1) is 5.69 Å². The third-order valence-electron chi connectivity index (χ3n) is 4.87. The number of thiazole rings is 1. The van der Waals surface area contributed by atoms with E-state index in [4.69, 9.17) is 4.74 Å². The number of pyridine rings is 1. The lowest BCUT2D eigenvalue weighted by Gasteiger charge is -2.14. The fourth-order valence-electron chi connectivity index (χ4n) is 3.35. The third kappa shape index (κ3) is 5.26. The summed E-state index contributed by atoms with van der Waals surface area (Å²) < 4.78 is 6.15. The van der Waals surface area contributed by atoms with Crippen LogP contribution < -0.4 is 10.1 Å². The van der Waals surface area contributed by atoms with Crippen molar-refractivity contribution in [2.75, 3.05) is 11.1 Å². The number of anilines is 2. The van der Waals surface area contributed by atoms with Gasteiger partial charge in [0.25, 0.3) is 0 Å². The lowest BCUT2D eigenvalue weighted by Crippen LogP contribution is -2.02. The summed E-state index contributed by atoms with van der Waals surface area (Å²) in [5.41, 5.74) is 2.14. The molecule has 28 heavy (non-hydrogen) atoms. The van der Waals surface area contributed by atoms with Crippen molar-refractivity contribution >= 4 is 34.0 Å². The summed E-state index contributed by atoms with van der Waals surface area (Å²) in [4.78, 5) is 10.3. The molecule has 2 aromatic heterocycles. The highest BCUT2D eigenvalue weighted by atomic mass is 32.2. The van der Waals surface area contributed by atoms with Gasteiger partial charge in [-0.3, -0.25) is 0 Å². The molecule has 1 aliphatic carbocycles. The smallest absolute Gasteiger partial charge is 0.188 e. The Kier molecular flexibility index (Phi) is 6.49. The van der Waals surface area contributed by atoms with Gasteiger partial charge in [0, 0.05) is 22.2 Å². The number of hydrogen-bond acceptors (Lipinski definition) is 6. The zero-order chi connectivity index (χ0) is 19.2. The van der Waals surface area contributed by atoms with Crippen LogP contribution >= 0.6 is 23.1 Å². The number of hydrogen-bond donors (Lipinski definition) is 1. The highest BCUT2D eigenvalue weighted by Crippen LogP contribution is 2.35. The maximum Gasteiger partial charge on any atom is 0.188 e. The van der Waals surface area contributed by atoms with Crippen LogP contribution in [0, 0.1) is 12.8 Å². The molecule has 0 bridgehead atoms. The van der Waals surface area contributed by atoms with Gasteiger partial charge in [0.1, 0.15) is 6.61 Å². The summed E-state index contributed by atoms with van der Waals surface area (Å²) >= 11 is 3.47. The molecule has 0 radical (unpaired) electrons. The normalized spacial score (nSPS) is 14.3. The molecule has 1 aromatic carbocycles. The second kappa shape index (κ2) is 9.43. The first-order valence-electron chi connectivity index (χ1n) is 9.75. The highest BCUT2D eigenvalue weighted by Gasteiger charge is 2.16. The van der Waals surface area contributed by atoms with Crippen molar-refractivity contribution in [3.63, 3.8) is 0 Å². The van der Waals surface area contributed by atoms with Crippen LogP contribution in [0.25, 0.3) is 0 Å². The summed E-state index contributed by atoms with van der Waals surface area (Å²) in [6, 6.07) is 12.3. The summed E-state index contributed by atoms with van der Waals surface area (Å²) in [5.74, 6) is 3.50. The Balaban J connectivity index is 1.49. The van der Waals surface area contributed by atoms with E-state index in [0.717, 1.165) is 44.5 Å². The molecule has 1 fully saturated rings. The van der Waals surface area contributed by atoms with Gasteiger partial charge >= 0.3 is 0 Å². The van der Waals surface area contributed by atoms with E-state index in [2.05, 4.69) is 33.5 Å². The molecular formula is C22H25N3OS2. The van der Waals surface area contributed by atoms with Crippen LogP contribution in [0.15, 0.2) is 52.9 Å². The Morgan fingerprint density at radius 1 is 1.21 bits per heavy atom. The van der Waals surface area contributed by atoms with Crippen LogP contribution in [0.2, 0.25) is 0 Å². The molecule has 0 unspecified atom stereocenters. The molecule has 3 aromatic rings. The first-order valence-corrected chi connectivity index (χ1v) is 11.6. The summed E-state index contributed by atoms with van der Waals surface area (Å²) in [5, 5.41) is 6.18. The maximum absolute atomic E-state index is 6.15. The molecule has 1 N–H and O–H groups in total. The Labute approximate surface area is 174 Å². The minimum absolute atomic E-state index is 0.519. The fourth-order valence-corrected chi connectivity index (χ4v) is 5.11. The van der Waals surface area contributed by atoms with E-state index >= 15 is 0 Å². The lowest BCUT2D eigenvalue weighted by atomic mass is 10.1. The molecule has 0 saturated heterocycles. The first kappa shape index (κ1) is 19.3. The van der Waals surface area contributed by atoms with E-state index in [9.17, 15) is 0 Å². The van der Waals surface area contributed by atoms with Crippen LogP contribution in [0.1, 0.15) is 36.9 Å². The predicted octanol–water partition coefficient (Wildman–Crippen LogP) is 6.45. The fraction of sp³-hybridized carbons (Fsp3) is 0.364. The molecule has 0 spiro atoms. The number of nitrogens with one attached hydrogen (secondary N) is 1. The molecule has 0 amide bonds.